The summed E-state index contributed by atoms with van der Waals surface area (Å²) in [7, 11) is 0. The third kappa shape index (κ3) is 3.15. The molecule has 0 spiro atoms. The number of rotatable bonds is 3. The number of aryl methyl sites for hydroxylation is 2. The van der Waals surface area contributed by atoms with Gasteiger partial charge in [-0.1, -0.05) is 22.8 Å². The van der Waals surface area contributed by atoms with Crippen LogP contribution in [-0.4, -0.2) is 17.7 Å². The second-order valence-electron chi connectivity index (χ2n) is 6.70. The smallest absolute Gasteiger partial charge is 0.226 e. The standard InChI is InChI=1S/C20H19ClN2O3/c1-11-7-12(2)20-16(23-26-18(20)8-11)10-19(24)22-15-5-6-25-17-4-3-13(21)9-14(15)17/h3-4,7-9,15H,5-6,10H2,1-2H3,(H,22,24). The topological polar surface area (TPSA) is 64.4 Å². The maximum absolute atomic E-state index is 12.6. The van der Waals surface area contributed by atoms with Gasteiger partial charge in [-0.2, -0.15) is 0 Å². The summed E-state index contributed by atoms with van der Waals surface area (Å²) in [5.41, 5.74) is 4.46. The van der Waals surface area contributed by atoms with Gasteiger partial charge in [-0.25, -0.2) is 0 Å². The number of fused-ring (bicyclic) bond motifs is 2. The third-order valence-electron chi connectivity index (χ3n) is 4.66. The van der Waals surface area contributed by atoms with E-state index in [2.05, 4.69) is 16.5 Å². The Morgan fingerprint density at radius 3 is 3.00 bits per heavy atom. The summed E-state index contributed by atoms with van der Waals surface area (Å²) in [4.78, 5) is 12.6. The molecule has 1 atom stereocenters. The Hall–Kier alpha value is -2.53. The van der Waals surface area contributed by atoms with Crippen LogP contribution >= 0.6 is 11.6 Å². The Kier molecular flexibility index (Phi) is 4.32. The number of benzene rings is 2. The molecular formula is C20H19ClN2O3. The van der Waals surface area contributed by atoms with Crippen molar-refractivity contribution in [3.8, 4) is 5.75 Å². The van der Waals surface area contributed by atoms with Gasteiger partial charge in [0.25, 0.3) is 0 Å². The Balaban J connectivity index is 1.55. The summed E-state index contributed by atoms with van der Waals surface area (Å²) >= 11 is 6.10. The van der Waals surface area contributed by atoms with Crippen molar-refractivity contribution in [2.24, 2.45) is 0 Å². The van der Waals surface area contributed by atoms with Gasteiger partial charge in [0.05, 0.1) is 19.1 Å². The van der Waals surface area contributed by atoms with Crippen LogP contribution < -0.4 is 10.1 Å². The number of ether oxygens (including phenoxy) is 1. The maximum Gasteiger partial charge on any atom is 0.226 e. The van der Waals surface area contributed by atoms with Crippen LogP contribution in [0.5, 0.6) is 5.75 Å². The van der Waals surface area contributed by atoms with Gasteiger partial charge in [0, 0.05) is 22.4 Å². The van der Waals surface area contributed by atoms with E-state index in [1.165, 1.54) is 0 Å². The van der Waals surface area contributed by atoms with Crippen molar-refractivity contribution in [1.29, 1.82) is 0 Å². The number of nitrogens with zero attached hydrogens (tertiary/aromatic N) is 1. The quantitative estimate of drug-likeness (QED) is 0.747. The largest absolute Gasteiger partial charge is 0.493 e. The molecule has 4 rings (SSSR count). The lowest BCUT2D eigenvalue weighted by Gasteiger charge is -2.26. The Bertz CT molecular complexity index is 996. The third-order valence-corrected chi connectivity index (χ3v) is 4.90. The molecule has 1 aliphatic rings. The zero-order chi connectivity index (χ0) is 18.3. The minimum Gasteiger partial charge on any atom is -0.493 e. The summed E-state index contributed by atoms with van der Waals surface area (Å²) in [5.74, 6) is 0.669. The predicted octanol–water partition coefficient (Wildman–Crippen LogP) is 4.28. The van der Waals surface area contributed by atoms with Crippen LogP contribution in [0.4, 0.5) is 0 Å². The molecule has 5 nitrogen and oxygen atoms in total. The van der Waals surface area contributed by atoms with E-state index >= 15 is 0 Å². The highest BCUT2D eigenvalue weighted by Crippen LogP contribution is 2.34. The van der Waals surface area contributed by atoms with Crippen molar-refractivity contribution >= 4 is 28.5 Å². The fourth-order valence-electron chi connectivity index (χ4n) is 3.55. The zero-order valence-corrected chi connectivity index (χ0v) is 15.4. The first kappa shape index (κ1) is 16.9. The summed E-state index contributed by atoms with van der Waals surface area (Å²) in [5, 5.41) is 8.73. The molecule has 1 unspecified atom stereocenters. The van der Waals surface area contributed by atoms with E-state index in [1.807, 2.05) is 32.0 Å². The second-order valence-corrected chi connectivity index (χ2v) is 7.14. The van der Waals surface area contributed by atoms with Crippen LogP contribution in [0.15, 0.2) is 34.9 Å². The first-order chi connectivity index (χ1) is 12.5. The summed E-state index contributed by atoms with van der Waals surface area (Å²) in [6.45, 7) is 4.57. The highest BCUT2D eigenvalue weighted by Gasteiger charge is 2.24. The highest BCUT2D eigenvalue weighted by molar-refractivity contribution is 6.30. The first-order valence-electron chi connectivity index (χ1n) is 8.58. The number of carbonyl (C=O) groups is 1. The van der Waals surface area contributed by atoms with Crippen molar-refractivity contribution in [3.05, 3.63) is 57.7 Å². The number of amides is 1. The molecule has 0 bridgehead atoms. The molecule has 3 aromatic rings. The van der Waals surface area contributed by atoms with Gasteiger partial charge in [0.1, 0.15) is 11.4 Å². The number of hydrogen-bond acceptors (Lipinski definition) is 4. The molecule has 134 valence electrons. The van der Waals surface area contributed by atoms with Crippen molar-refractivity contribution in [2.75, 3.05) is 6.61 Å². The lowest BCUT2D eigenvalue weighted by Crippen LogP contribution is -2.33. The minimum atomic E-state index is -0.119. The van der Waals surface area contributed by atoms with E-state index in [0.717, 1.165) is 27.8 Å². The molecular weight excluding hydrogens is 352 g/mol. The molecule has 1 amide bonds. The molecule has 26 heavy (non-hydrogen) atoms. The predicted molar refractivity (Wildman–Crippen MR) is 99.6 cm³/mol. The van der Waals surface area contributed by atoms with Crippen LogP contribution in [0.25, 0.3) is 11.0 Å². The summed E-state index contributed by atoms with van der Waals surface area (Å²) in [6.07, 6.45) is 0.876. The fraction of sp³-hybridized carbons (Fsp3) is 0.300. The number of hydrogen-bond donors (Lipinski definition) is 1. The van der Waals surface area contributed by atoms with E-state index in [4.69, 9.17) is 20.9 Å². The molecule has 1 aromatic heterocycles. The molecule has 1 aliphatic heterocycles. The lowest BCUT2D eigenvalue weighted by molar-refractivity contribution is -0.121. The first-order valence-corrected chi connectivity index (χ1v) is 8.96. The maximum atomic E-state index is 12.6. The fourth-order valence-corrected chi connectivity index (χ4v) is 3.73. The van der Waals surface area contributed by atoms with Crippen molar-refractivity contribution < 1.29 is 14.1 Å². The molecule has 2 aromatic carbocycles. The lowest BCUT2D eigenvalue weighted by atomic mass is 10.00. The molecule has 2 heterocycles. The zero-order valence-electron chi connectivity index (χ0n) is 14.6. The number of halogens is 1. The van der Waals surface area contributed by atoms with Crippen LogP contribution in [0.3, 0.4) is 0 Å². The van der Waals surface area contributed by atoms with Gasteiger partial charge < -0.3 is 14.6 Å². The second kappa shape index (κ2) is 6.65. The summed E-state index contributed by atoms with van der Waals surface area (Å²) in [6, 6.07) is 9.36. The average molecular weight is 371 g/mol. The van der Waals surface area contributed by atoms with E-state index in [0.29, 0.717) is 29.3 Å². The molecule has 1 N–H and O–H groups in total. The monoisotopic (exact) mass is 370 g/mol. The van der Waals surface area contributed by atoms with Crippen molar-refractivity contribution in [3.63, 3.8) is 0 Å². The van der Waals surface area contributed by atoms with Gasteiger partial charge in [0.15, 0.2) is 5.58 Å². The van der Waals surface area contributed by atoms with E-state index < -0.39 is 0 Å². The van der Waals surface area contributed by atoms with Gasteiger partial charge in [-0.3, -0.25) is 4.79 Å². The van der Waals surface area contributed by atoms with Gasteiger partial charge in [-0.05, 0) is 49.2 Å². The molecule has 0 saturated carbocycles. The minimum absolute atomic E-state index is 0.0991. The SMILES string of the molecule is Cc1cc(C)c2c(CC(=O)NC3CCOc4ccc(Cl)cc43)noc2c1. The molecule has 0 aliphatic carbocycles. The molecule has 0 saturated heterocycles. The van der Waals surface area contributed by atoms with Gasteiger partial charge in [0.2, 0.25) is 5.91 Å². The van der Waals surface area contributed by atoms with E-state index in [9.17, 15) is 4.79 Å². The van der Waals surface area contributed by atoms with Crippen LogP contribution in [0, 0.1) is 13.8 Å². The Morgan fingerprint density at radius 1 is 1.31 bits per heavy atom. The number of carbonyl (C=O) groups excluding carboxylic acids is 1. The Labute approximate surface area is 156 Å². The van der Waals surface area contributed by atoms with Gasteiger partial charge >= 0.3 is 0 Å². The number of nitrogens with one attached hydrogen (secondary N) is 1. The van der Waals surface area contributed by atoms with Crippen LogP contribution in [-0.2, 0) is 11.2 Å². The normalized spacial score (nSPS) is 16.2. The van der Waals surface area contributed by atoms with E-state index in [1.54, 1.807) is 6.07 Å². The molecule has 0 radical (unpaired) electrons. The summed E-state index contributed by atoms with van der Waals surface area (Å²) < 4.78 is 11.0. The Morgan fingerprint density at radius 2 is 2.15 bits per heavy atom. The van der Waals surface area contributed by atoms with E-state index in [-0.39, 0.29) is 18.4 Å². The highest BCUT2D eigenvalue weighted by atomic mass is 35.5. The van der Waals surface area contributed by atoms with Crippen molar-refractivity contribution in [1.82, 2.24) is 10.5 Å². The average Bonchev–Trinajstić information content (AvgIpc) is 2.98. The molecule has 0 fully saturated rings. The van der Waals surface area contributed by atoms with Crippen molar-refractivity contribution in [2.45, 2.75) is 32.7 Å². The number of aromatic nitrogens is 1. The van der Waals surface area contributed by atoms with Crippen LogP contribution in [0.2, 0.25) is 5.02 Å². The van der Waals surface area contributed by atoms with Crippen LogP contribution in [0.1, 0.15) is 34.8 Å². The van der Waals surface area contributed by atoms with Gasteiger partial charge in [-0.15, -0.1) is 0 Å². The molecule has 6 heteroatoms.